The highest BCUT2D eigenvalue weighted by Gasteiger charge is 2.12. The SMILES string of the molecule is Cn1c(=O)c2[nH]c(NC/C=C/CN)nc2n(C)c1=O. The number of hydrogen-bond acceptors (Lipinski definition) is 5. The first-order chi connectivity index (χ1) is 9.06. The molecule has 0 radical (unpaired) electrons. The van der Waals surface area contributed by atoms with Crippen LogP contribution in [-0.2, 0) is 14.1 Å². The van der Waals surface area contributed by atoms with E-state index in [4.69, 9.17) is 5.73 Å². The number of H-pyrrole nitrogens is 1. The lowest BCUT2D eigenvalue weighted by molar-refractivity contribution is 0.709. The third kappa shape index (κ3) is 2.29. The molecule has 19 heavy (non-hydrogen) atoms. The molecule has 102 valence electrons. The van der Waals surface area contributed by atoms with Gasteiger partial charge in [0.05, 0.1) is 0 Å². The predicted molar refractivity (Wildman–Crippen MR) is 73.3 cm³/mol. The summed E-state index contributed by atoms with van der Waals surface area (Å²) in [6, 6.07) is 0. The standard InChI is InChI=1S/C11H16N6O2/c1-16-8-7(9(18)17(2)11(16)19)14-10(15-8)13-6-4-3-5-12/h3-4H,5-6,12H2,1-2H3,(H2,13,14,15)/b4-3+. The lowest BCUT2D eigenvalue weighted by Crippen LogP contribution is -2.36. The smallest absolute Gasteiger partial charge is 0.332 e. The van der Waals surface area contributed by atoms with E-state index in [-0.39, 0.29) is 0 Å². The van der Waals surface area contributed by atoms with Crippen LogP contribution in [0.3, 0.4) is 0 Å². The van der Waals surface area contributed by atoms with Crippen molar-refractivity contribution in [2.24, 2.45) is 19.8 Å². The molecular formula is C11H16N6O2. The Bertz CT molecular complexity index is 736. The van der Waals surface area contributed by atoms with Crippen molar-refractivity contribution in [2.45, 2.75) is 0 Å². The fraction of sp³-hybridized carbons (Fsp3) is 0.364. The minimum absolute atomic E-state index is 0.301. The van der Waals surface area contributed by atoms with Gasteiger partial charge in [-0.15, -0.1) is 0 Å². The first-order valence-electron chi connectivity index (χ1n) is 5.81. The summed E-state index contributed by atoms with van der Waals surface area (Å²) >= 11 is 0. The van der Waals surface area contributed by atoms with E-state index in [1.807, 2.05) is 12.2 Å². The van der Waals surface area contributed by atoms with Gasteiger partial charge in [-0.3, -0.25) is 13.9 Å². The Hall–Kier alpha value is -2.35. The lowest BCUT2D eigenvalue weighted by atomic mass is 10.5. The molecule has 0 atom stereocenters. The van der Waals surface area contributed by atoms with Crippen LogP contribution in [0.5, 0.6) is 0 Å². The predicted octanol–water partition coefficient (Wildman–Crippen LogP) is -1.11. The second-order valence-corrected chi connectivity index (χ2v) is 4.08. The van der Waals surface area contributed by atoms with Crippen LogP contribution < -0.4 is 22.3 Å². The van der Waals surface area contributed by atoms with Crippen LogP contribution in [0.1, 0.15) is 0 Å². The molecule has 0 unspecified atom stereocenters. The monoisotopic (exact) mass is 264 g/mol. The number of nitrogens with one attached hydrogen (secondary N) is 2. The van der Waals surface area contributed by atoms with Gasteiger partial charge in [-0.2, -0.15) is 4.98 Å². The van der Waals surface area contributed by atoms with Crippen LogP contribution in [0, 0.1) is 0 Å². The Morgan fingerprint density at radius 3 is 2.74 bits per heavy atom. The number of nitrogens with two attached hydrogens (primary N) is 1. The summed E-state index contributed by atoms with van der Waals surface area (Å²) in [6.45, 7) is 1.00. The minimum atomic E-state index is -0.404. The van der Waals surface area contributed by atoms with Gasteiger partial charge in [0.1, 0.15) is 0 Å². The summed E-state index contributed by atoms with van der Waals surface area (Å²) < 4.78 is 2.37. The van der Waals surface area contributed by atoms with Crippen LogP contribution in [0.4, 0.5) is 5.95 Å². The molecule has 2 aromatic rings. The summed E-state index contributed by atoms with van der Waals surface area (Å²) in [5.41, 5.74) is 5.16. The van der Waals surface area contributed by atoms with Crippen LogP contribution in [0.25, 0.3) is 11.2 Å². The van der Waals surface area contributed by atoms with Gasteiger partial charge >= 0.3 is 5.69 Å². The van der Waals surface area contributed by atoms with Gasteiger partial charge in [0.15, 0.2) is 11.2 Å². The maximum Gasteiger partial charge on any atom is 0.332 e. The highest BCUT2D eigenvalue weighted by atomic mass is 16.2. The molecule has 0 spiro atoms. The van der Waals surface area contributed by atoms with E-state index in [2.05, 4.69) is 15.3 Å². The molecule has 8 heteroatoms. The van der Waals surface area contributed by atoms with Crippen molar-refractivity contribution in [3.8, 4) is 0 Å². The van der Waals surface area contributed by atoms with E-state index < -0.39 is 11.2 Å². The summed E-state index contributed by atoms with van der Waals surface area (Å²) in [6.07, 6.45) is 3.66. The molecular weight excluding hydrogens is 248 g/mol. The first-order valence-corrected chi connectivity index (χ1v) is 5.81. The third-order valence-electron chi connectivity index (χ3n) is 2.78. The molecule has 0 aliphatic heterocycles. The quantitative estimate of drug-likeness (QED) is 0.606. The number of fused-ring (bicyclic) bond motifs is 1. The number of rotatable bonds is 4. The van der Waals surface area contributed by atoms with Gasteiger partial charge in [-0.1, -0.05) is 12.2 Å². The Labute approximate surface area is 108 Å². The number of hydrogen-bond donors (Lipinski definition) is 3. The largest absolute Gasteiger partial charge is 0.352 e. The van der Waals surface area contributed by atoms with E-state index in [1.54, 1.807) is 7.05 Å². The maximum absolute atomic E-state index is 11.9. The van der Waals surface area contributed by atoms with Crippen LogP contribution in [0.2, 0.25) is 0 Å². The lowest BCUT2D eigenvalue weighted by Gasteiger charge is -2.00. The van der Waals surface area contributed by atoms with E-state index in [9.17, 15) is 9.59 Å². The molecule has 0 fully saturated rings. The van der Waals surface area contributed by atoms with E-state index in [0.29, 0.717) is 30.2 Å². The van der Waals surface area contributed by atoms with Crippen LogP contribution in [-0.4, -0.2) is 32.2 Å². The molecule has 2 heterocycles. The maximum atomic E-state index is 11.9. The molecule has 0 amide bonds. The summed E-state index contributed by atoms with van der Waals surface area (Å²) in [5.74, 6) is 0.440. The highest BCUT2D eigenvalue weighted by Crippen LogP contribution is 2.07. The topological polar surface area (TPSA) is 111 Å². The van der Waals surface area contributed by atoms with Crippen LogP contribution in [0.15, 0.2) is 21.7 Å². The molecule has 0 aromatic carbocycles. The van der Waals surface area contributed by atoms with E-state index in [0.717, 1.165) is 4.57 Å². The van der Waals surface area contributed by atoms with Crippen LogP contribution >= 0.6 is 0 Å². The summed E-state index contributed by atoms with van der Waals surface area (Å²) in [5, 5.41) is 2.99. The van der Waals surface area contributed by atoms with Crippen molar-refractivity contribution in [1.29, 1.82) is 0 Å². The van der Waals surface area contributed by atoms with Crippen molar-refractivity contribution in [1.82, 2.24) is 19.1 Å². The Balaban J connectivity index is 2.44. The molecule has 0 aliphatic carbocycles. The zero-order valence-electron chi connectivity index (χ0n) is 10.8. The van der Waals surface area contributed by atoms with Gasteiger partial charge < -0.3 is 16.0 Å². The highest BCUT2D eigenvalue weighted by molar-refractivity contribution is 5.72. The van der Waals surface area contributed by atoms with Gasteiger partial charge in [-0.25, -0.2) is 4.79 Å². The van der Waals surface area contributed by atoms with E-state index in [1.165, 1.54) is 11.6 Å². The molecule has 2 aromatic heterocycles. The summed E-state index contributed by atoms with van der Waals surface area (Å²) in [4.78, 5) is 30.7. The number of aromatic amines is 1. The number of aryl methyl sites for hydroxylation is 1. The number of imidazole rings is 1. The number of aromatic nitrogens is 4. The number of nitrogens with zero attached hydrogens (tertiary/aromatic N) is 3. The Morgan fingerprint density at radius 2 is 2.05 bits per heavy atom. The average molecular weight is 264 g/mol. The average Bonchev–Trinajstić information content (AvgIpc) is 2.83. The second kappa shape index (κ2) is 5.11. The fourth-order valence-corrected chi connectivity index (χ4v) is 1.74. The molecule has 2 rings (SSSR count). The molecule has 0 bridgehead atoms. The number of anilines is 1. The first kappa shape index (κ1) is 13.1. The van der Waals surface area contributed by atoms with Crippen molar-refractivity contribution in [3.05, 3.63) is 33.0 Å². The van der Waals surface area contributed by atoms with Crippen molar-refractivity contribution in [3.63, 3.8) is 0 Å². The second-order valence-electron chi connectivity index (χ2n) is 4.08. The normalized spacial score (nSPS) is 11.5. The molecule has 0 saturated heterocycles. The zero-order chi connectivity index (χ0) is 14.0. The minimum Gasteiger partial charge on any atom is -0.352 e. The van der Waals surface area contributed by atoms with Gasteiger partial charge in [-0.05, 0) is 0 Å². The van der Waals surface area contributed by atoms with Gasteiger partial charge in [0.2, 0.25) is 5.95 Å². The molecule has 8 nitrogen and oxygen atoms in total. The van der Waals surface area contributed by atoms with Crippen molar-refractivity contribution in [2.75, 3.05) is 18.4 Å². The van der Waals surface area contributed by atoms with Gasteiger partial charge in [0.25, 0.3) is 5.56 Å². The Morgan fingerprint density at radius 1 is 1.32 bits per heavy atom. The molecule has 0 saturated carbocycles. The van der Waals surface area contributed by atoms with E-state index >= 15 is 0 Å². The third-order valence-corrected chi connectivity index (χ3v) is 2.78. The fourth-order valence-electron chi connectivity index (χ4n) is 1.74. The van der Waals surface area contributed by atoms with Gasteiger partial charge in [0, 0.05) is 27.2 Å². The molecule has 0 aliphatic rings. The zero-order valence-corrected chi connectivity index (χ0v) is 10.8. The molecule has 4 N–H and O–H groups in total. The van der Waals surface area contributed by atoms with Crippen molar-refractivity contribution >= 4 is 17.1 Å². The summed E-state index contributed by atoms with van der Waals surface area (Å²) in [7, 11) is 3.01. The van der Waals surface area contributed by atoms with Crippen molar-refractivity contribution < 1.29 is 0 Å². The Kier molecular flexibility index (Phi) is 3.52.